The van der Waals surface area contributed by atoms with Gasteiger partial charge in [0.15, 0.2) is 6.10 Å². The summed E-state index contributed by atoms with van der Waals surface area (Å²) in [5.41, 5.74) is -0.149. The Hall–Kier alpha value is -3.69. The molecule has 1 saturated heterocycles. The largest absolute Gasteiger partial charge is 0.477 e. The number of nitrogens with zero attached hydrogens (tertiary/aromatic N) is 3. The van der Waals surface area contributed by atoms with Gasteiger partial charge in [-0.05, 0) is 29.3 Å². The molecule has 35 heavy (non-hydrogen) atoms. The number of hydrogen-bond acceptors (Lipinski definition) is 10. The number of carboxylic acids is 1. The van der Waals surface area contributed by atoms with Crippen LogP contribution in [0.2, 0.25) is 0 Å². The van der Waals surface area contributed by atoms with Crippen molar-refractivity contribution < 1.29 is 29.5 Å². The van der Waals surface area contributed by atoms with Crippen LogP contribution in [0.5, 0.6) is 0 Å². The maximum absolute atomic E-state index is 12.8. The molecule has 0 aliphatic carbocycles. The number of carbonyl (C=O) groups is 3. The van der Waals surface area contributed by atoms with Crippen LogP contribution in [-0.2, 0) is 14.4 Å². The van der Waals surface area contributed by atoms with Crippen LogP contribution in [0.15, 0.2) is 57.5 Å². The molecule has 1 unspecified atom stereocenters. The van der Waals surface area contributed by atoms with E-state index in [1.807, 2.05) is 0 Å². The van der Waals surface area contributed by atoms with Gasteiger partial charge in [0.2, 0.25) is 0 Å². The second-order valence-electron chi connectivity index (χ2n) is 7.45. The predicted molar refractivity (Wildman–Crippen MR) is 123 cm³/mol. The third-order valence-electron chi connectivity index (χ3n) is 5.26. The number of aromatic amines is 1. The number of nitro benzene ring substituents is 1. The lowest BCUT2D eigenvalue weighted by molar-refractivity contribution is -0.384. The van der Waals surface area contributed by atoms with E-state index in [9.17, 15) is 39.5 Å². The van der Waals surface area contributed by atoms with Crippen molar-refractivity contribution in [1.29, 1.82) is 0 Å². The smallest absolute Gasteiger partial charge is 0.352 e. The van der Waals surface area contributed by atoms with Crippen LogP contribution < -0.4 is 10.9 Å². The number of fused-ring (bicyclic) bond motifs is 1. The van der Waals surface area contributed by atoms with Crippen LogP contribution in [0.1, 0.15) is 11.7 Å². The first kappa shape index (κ1) is 24.4. The quantitative estimate of drug-likeness (QED) is 0.161. The van der Waals surface area contributed by atoms with Crippen molar-refractivity contribution in [2.75, 3.05) is 11.5 Å². The van der Waals surface area contributed by atoms with Crippen molar-refractivity contribution in [3.63, 3.8) is 0 Å². The Morgan fingerprint density at radius 3 is 2.60 bits per heavy atom. The number of non-ortho nitro benzene ring substituents is 1. The SMILES string of the molecule is O=C(O)C1=C(CSc2ccc(=O)[nH]n2)CS[C@@H]2C(NC(=O)[C@H](O)c3ccc([N+](=O)[O-])cc3)C(=O)N12. The number of aliphatic hydroxyl groups excluding tert-OH is 1. The first-order valence-corrected chi connectivity index (χ1v) is 12.0. The number of aromatic nitrogens is 2. The molecule has 3 atom stereocenters. The van der Waals surface area contributed by atoms with Crippen molar-refractivity contribution in [3.8, 4) is 0 Å². The number of amides is 2. The van der Waals surface area contributed by atoms with Crippen molar-refractivity contribution in [2.24, 2.45) is 0 Å². The number of H-pyrrole nitrogens is 1. The average Bonchev–Trinajstić information content (AvgIpc) is 2.85. The summed E-state index contributed by atoms with van der Waals surface area (Å²) in [5.74, 6) is -2.30. The van der Waals surface area contributed by atoms with Crippen LogP contribution in [0, 0.1) is 10.1 Å². The lowest BCUT2D eigenvalue weighted by atomic mass is 10.0. The molecule has 1 fully saturated rings. The molecule has 1 aromatic carbocycles. The van der Waals surface area contributed by atoms with Gasteiger partial charge >= 0.3 is 5.97 Å². The molecule has 0 radical (unpaired) electrons. The second kappa shape index (κ2) is 9.89. The van der Waals surface area contributed by atoms with E-state index in [2.05, 4.69) is 15.5 Å². The Labute approximate surface area is 204 Å². The minimum atomic E-state index is -1.67. The van der Waals surface area contributed by atoms with Gasteiger partial charge in [0, 0.05) is 29.7 Å². The normalized spacial score (nSPS) is 20.0. The van der Waals surface area contributed by atoms with Crippen molar-refractivity contribution in [3.05, 3.63) is 73.7 Å². The fraction of sp³-hybridized carbons (Fsp3) is 0.250. The molecule has 1 aromatic heterocycles. The average molecular weight is 520 g/mol. The number of nitro groups is 1. The third-order valence-corrected chi connectivity index (χ3v) is 7.62. The summed E-state index contributed by atoms with van der Waals surface area (Å²) < 4.78 is 0. The number of β-lactam (4-membered cyclic amide) rings is 1. The maximum Gasteiger partial charge on any atom is 0.352 e. The Morgan fingerprint density at radius 1 is 1.29 bits per heavy atom. The van der Waals surface area contributed by atoms with Crippen LogP contribution in [0.25, 0.3) is 0 Å². The maximum atomic E-state index is 12.8. The zero-order chi connectivity index (χ0) is 25.3. The van der Waals surface area contributed by atoms with E-state index < -0.39 is 40.2 Å². The topological polar surface area (TPSA) is 196 Å². The number of aliphatic carboxylic acids is 1. The summed E-state index contributed by atoms with van der Waals surface area (Å²) in [5, 5.41) is 39.2. The van der Waals surface area contributed by atoms with E-state index >= 15 is 0 Å². The summed E-state index contributed by atoms with van der Waals surface area (Å²) in [7, 11) is 0. The van der Waals surface area contributed by atoms with E-state index in [0.717, 1.165) is 17.0 Å². The highest BCUT2D eigenvalue weighted by Gasteiger charge is 2.54. The number of hydrogen-bond donors (Lipinski definition) is 4. The van der Waals surface area contributed by atoms with Crippen LogP contribution in [-0.4, -0.2) is 70.9 Å². The van der Waals surface area contributed by atoms with Gasteiger partial charge < -0.3 is 15.5 Å². The third kappa shape index (κ3) is 4.91. The monoisotopic (exact) mass is 519 g/mol. The van der Waals surface area contributed by atoms with E-state index in [-0.39, 0.29) is 34.0 Å². The second-order valence-corrected chi connectivity index (χ2v) is 9.55. The van der Waals surface area contributed by atoms with E-state index in [1.54, 1.807) is 0 Å². The van der Waals surface area contributed by atoms with Gasteiger partial charge in [0.1, 0.15) is 22.1 Å². The molecule has 0 spiro atoms. The van der Waals surface area contributed by atoms with Gasteiger partial charge in [-0.25, -0.2) is 9.89 Å². The van der Waals surface area contributed by atoms with Gasteiger partial charge in [-0.15, -0.1) is 23.5 Å². The molecule has 4 N–H and O–H groups in total. The lowest BCUT2D eigenvalue weighted by Crippen LogP contribution is -2.70. The molecule has 0 saturated carbocycles. The van der Waals surface area contributed by atoms with Crippen molar-refractivity contribution >= 4 is 47.0 Å². The van der Waals surface area contributed by atoms with E-state index in [0.29, 0.717) is 10.6 Å². The number of rotatable bonds is 8. The van der Waals surface area contributed by atoms with Gasteiger partial charge in [-0.2, -0.15) is 5.10 Å². The minimum Gasteiger partial charge on any atom is -0.477 e. The molecule has 4 rings (SSSR count). The van der Waals surface area contributed by atoms with Gasteiger partial charge in [0.25, 0.3) is 23.1 Å². The summed E-state index contributed by atoms with van der Waals surface area (Å²) >= 11 is 2.47. The molecule has 2 aromatic rings. The Balaban J connectivity index is 1.44. The molecule has 2 aliphatic heterocycles. The highest BCUT2D eigenvalue weighted by Crippen LogP contribution is 2.41. The highest BCUT2D eigenvalue weighted by molar-refractivity contribution is 8.01. The zero-order valence-corrected chi connectivity index (χ0v) is 19.2. The first-order valence-electron chi connectivity index (χ1n) is 9.98. The minimum absolute atomic E-state index is 0.106. The molecule has 15 heteroatoms. The Morgan fingerprint density at radius 2 is 2.00 bits per heavy atom. The van der Waals surface area contributed by atoms with Gasteiger partial charge in [-0.3, -0.25) is 29.4 Å². The number of nitrogens with one attached hydrogen (secondary N) is 2. The molecule has 2 amide bonds. The molecule has 2 aliphatic rings. The van der Waals surface area contributed by atoms with E-state index in [4.69, 9.17) is 0 Å². The number of aliphatic hydroxyl groups is 1. The van der Waals surface area contributed by atoms with Crippen LogP contribution >= 0.6 is 23.5 Å². The Kier molecular flexibility index (Phi) is 6.90. The molecule has 3 heterocycles. The molecular weight excluding hydrogens is 502 g/mol. The number of thioether (sulfide) groups is 2. The summed E-state index contributed by atoms with van der Waals surface area (Å²) in [4.78, 5) is 59.6. The van der Waals surface area contributed by atoms with Crippen LogP contribution in [0.4, 0.5) is 5.69 Å². The van der Waals surface area contributed by atoms with Crippen LogP contribution in [0.3, 0.4) is 0 Å². The van der Waals surface area contributed by atoms with Crippen molar-refractivity contribution in [2.45, 2.75) is 22.5 Å². The van der Waals surface area contributed by atoms with Gasteiger partial charge in [-0.1, -0.05) is 0 Å². The zero-order valence-electron chi connectivity index (χ0n) is 17.6. The number of carbonyl (C=O) groups excluding carboxylic acids is 2. The van der Waals surface area contributed by atoms with Crippen molar-refractivity contribution in [1.82, 2.24) is 20.4 Å². The number of carboxylic acid groups (broad SMARTS) is 1. The summed E-state index contributed by atoms with van der Waals surface area (Å²) in [6.45, 7) is 0. The lowest BCUT2D eigenvalue weighted by Gasteiger charge is -2.49. The highest BCUT2D eigenvalue weighted by atomic mass is 32.2. The molecular formula is C20H17N5O8S2. The summed E-state index contributed by atoms with van der Waals surface area (Å²) in [6, 6.07) is 6.52. The molecule has 13 nitrogen and oxygen atoms in total. The standard InChI is InChI=1S/C20H17N5O8S2/c26-12-5-6-13(23-22-12)34-7-10-8-35-19-14(18(29)24(19)15(10)20(30)31)21-17(28)16(27)9-1-3-11(4-2-9)25(32)33/h1-6,14,16,19,27H,7-8H2,(H,21,28)(H,22,26)(H,30,31)/t14?,16-,19-/m1/s1. The fourth-order valence-electron chi connectivity index (χ4n) is 3.53. The fourth-order valence-corrected chi connectivity index (χ4v) is 5.84. The summed E-state index contributed by atoms with van der Waals surface area (Å²) in [6.07, 6.45) is -1.67. The Bertz CT molecular complexity index is 1270. The predicted octanol–water partition coefficient (Wildman–Crippen LogP) is 0.242. The first-order chi connectivity index (χ1) is 16.7. The van der Waals surface area contributed by atoms with Gasteiger partial charge in [0.05, 0.1) is 4.92 Å². The molecule has 0 bridgehead atoms. The van der Waals surface area contributed by atoms with E-state index in [1.165, 1.54) is 47.8 Å². The number of benzene rings is 1. The molecule has 182 valence electrons.